The second-order valence-electron chi connectivity index (χ2n) is 9.51. The Morgan fingerprint density at radius 2 is 1.63 bits per heavy atom. The minimum absolute atomic E-state index is 0.0810. The second-order valence-corrected chi connectivity index (χ2v) is 9.51. The Morgan fingerprint density at radius 1 is 0.951 bits per heavy atom. The summed E-state index contributed by atoms with van der Waals surface area (Å²) in [6.07, 6.45) is 3.40. The van der Waals surface area contributed by atoms with Crippen molar-refractivity contribution in [2.24, 2.45) is 0 Å². The van der Waals surface area contributed by atoms with E-state index in [2.05, 4.69) is 39.5 Å². The third kappa shape index (κ3) is 7.83. The number of hydrogen-bond donors (Lipinski definition) is 3. The molecule has 1 aliphatic heterocycles. The smallest absolute Gasteiger partial charge is 0.354 e. The lowest BCUT2D eigenvalue weighted by molar-refractivity contribution is 0.0690. The van der Waals surface area contributed by atoms with Gasteiger partial charge in [-0.05, 0) is 78.1 Å². The fourth-order valence-corrected chi connectivity index (χ4v) is 4.57. The maximum absolute atomic E-state index is 12.4. The van der Waals surface area contributed by atoms with Gasteiger partial charge >= 0.3 is 5.97 Å². The highest BCUT2D eigenvalue weighted by Gasteiger charge is 2.19. The summed E-state index contributed by atoms with van der Waals surface area (Å²) in [5, 5.41) is 11.2. The number of rotatable bonds is 8. The Labute approximate surface area is 239 Å². The third-order valence-corrected chi connectivity index (χ3v) is 6.82. The molecule has 0 radical (unpaired) electrons. The number of carboxylic acid groups (broad SMARTS) is 1. The van der Waals surface area contributed by atoms with Crippen LogP contribution in [0.15, 0.2) is 85.1 Å². The van der Waals surface area contributed by atoms with E-state index in [9.17, 15) is 9.59 Å². The number of aromatic nitrogens is 1. The second kappa shape index (κ2) is 14.0. The SMILES string of the molecule is COc1cc2c(cc1OC)CN(CCc1ccc(NC(=O)c3ccccc3N)cc1)CC2.O=C(O)c1ccccn1. The zero-order valence-electron chi connectivity index (χ0n) is 23.2. The molecule has 0 unspecified atom stereocenters. The summed E-state index contributed by atoms with van der Waals surface area (Å²) in [4.78, 5) is 28.6. The van der Waals surface area contributed by atoms with Crippen molar-refractivity contribution in [1.29, 1.82) is 0 Å². The lowest BCUT2D eigenvalue weighted by atomic mass is 9.98. The Bertz CT molecular complexity index is 1480. The molecular formula is C32H34N4O5. The molecule has 0 saturated carbocycles. The summed E-state index contributed by atoms with van der Waals surface area (Å²) in [6, 6.07) is 24.0. The van der Waals surface area contributed by atoms with Gasteiger partial charge in [0.15, 0.2) is 11.5 Å². The number of methoxy groups -OCH3 is 2. The average molecular weight is 555 g/mol. The molecule has 1 amide bonds. The van der Waals surface area contributed by atoms with Crippen molar-refractivity contribution in [3.8, 4) is 11.5 Å². The van der Waals surface area contributed by atoms with Crippen molar-refractivity contribution in [2.45, 2.75) is 19.4 Å². The standard InChI is InChI=1S/C26H29N3O3.C6H5NO2/c1-31-24-15-19-12-14-29(17-20(19)16-25(24)32-2)13-11-18-7-9-21(10-8-18)28-26(30)22-5-3-4-6-23(22)27;8-6(9)5-3-1-2-4-7-5/h3-10,15-16H,11-14,17,27H2,1-2H3,(H,28,30);1-4H,(H,8,9). The van der Waals surface area contributed by atoms with Crippen molar-refractivity contribution < 1.29 is 24.2 Å². The quantitative estimate of drug-likeness (QED) is 0.262. The average Bonchev–Trinajstić information content (AvgIpc) is 3.00. The molecule has 0 bridgehead atoms. The van der Waals surface area contributed by atoms with Gasteiger partial charge in [-0.3, -0.25) is 9.69 Å². The molecule has 4 aromatic rings. The lowest BCUT2D eigenvalue weighted by Gasteiger charge is -2.29. The topological polar surface area (TPSA) is 127 Å². The molecular weight excluding hydrogens is 520 g/mol. The van der Waals surface area contributed by atoms with Gasteiger partial charge in [0.25, 0.3) is 5.91 Å². The van der Waals surface area contributed by atoms with Crippen molar-refractivity contribution in [3.63, 3.8) is 0 Å². The number of nitrogens with one attached hydrogen (secondary N) is 1. The fraction of sp³-hybridized carbons (Fsp3) is 0.219. The first kappa shape index (κ1) is 29.1. The first-order valence-electron chi connectivity index (χ1n) is 13.2. The predicted molar refractivity (Wildman–Crippen MR) is 159 cm³/mol. The van der Waals surface area contributed by atoms with Crippen LogP contribution in [-0.2, 0) is 19.4 Å². The third-order valence-electron chi connectivity index (χ3n) is 6.82. The van der Waals surface area contributed by atoms with Gasteiger partial charge in [0.2, 0.25) is 0 Å². The summed E-state index contributed by atoms with van der Waals surface area (Å²) >= 11 is 0. The van der Waals surface area contributed by atoms with Crippen LogP contribution >= 0.6 is 0 Å². The fourth-order valence-electron chi connectivity index (χ4n) is 4.57. The molecule has 0 atom stereocenters. The molecule has 4 N–H and O–H groups in total. The van der Waals surface area contributed by atoms with Crippen LogP contribution in [0.2, 0.25) is 0 Å². The van der Waals surface area contributed by atoms with Gasteiger partial charge in [-0.1, -0.05) is 30.3 Å². The molecule has 0 spiro atoms. The van der Waals surface area contributed by atoms with Gasteiger partial charge in [0.1, 0.15) is 5.69 Å². The number of nitrogen functional groups attached to an aromatic ring is 1. The van der Waals surface area contributed by atoms with Gasteiger partial charge in [-0.25, -0.2) is 9.78 Å². The Hall–Kier alpha value is -4.89. The van der Waals surface area contributed by atoms with Crippen molar-refractivity contribution in [1.82, 2.24) is 9.88 Å². The molecule has 1 aliphatic rings. The minimum Gasteiger partial charge on any atom is -0.493 e. The number of carbonyl (C=O) groups is 2. The number of fused-ring (bicyclic) bond motifs is 1. The number of pyridine rings is 1. The van der Waals surface area contributed by atoms with E-state index in [-0.39, 0.29) is 11.6 Å². The van der Waals surface area contributed by atoms with Gasteiger partial charge < -0.3 is 25.6 Å². The molecule has 9 heteroatoms. The van der Waals surface area contributed by atoms with Crippen molar-refractivity contribution >= 4 is 23.3 Å². The first-order valence-corrected chi connectivity index (χ1v) is 13.2. The maximum Gasteiger partial charge on any atom is 0.354 e. The van der Waals surface area contributed by atoms with Crippen LogP contribution in [0.5, 0.6) is 11.5 Å². The number of anilines is 2. The summed E-state index contributed by atoms with van der Waals surface area (Å²) in [5.74, 6) is 0.385. The summed E-state index contributed by atoms with van der Waals surface area (Å²) in [6.45, 7) is 2.90. The maximum atomic E-state index is 12.4. The van der Waals surface area contributed by atoms with E-state index in [0.29, 0.717) is 11.3 Å². The van der Waals surface area contributed by atoms with E-state index in [4.69, 9.17) is 20.3 Å². The van der Waals surface area contributed by atoms with Crippen LogP contribution < -0.4 is 20.5 Å². The van der Waals surface area contributed by atoms with E-state index >= 15 is 0 Å². The van der Waals surface area contributed by atoms with E-state index < -0.39 is 5.97 Å². The molecule has 212 valence electrons. The molecule has 0 saturated heterocycles. The van der Waals surface area contributed by atoms with Gasteiger partial charge in [0.05, 0.1) is 19.8 Å². The van der Waals surface area contributed by atoms with Crippen molar-refractivity contribution in [3.05, 3.63) is 113 Å². The van der Waals surface area contributed by atoms with E-state index in [1.54, 1.807) is 44.6 Å². The Kier molecular flexibility index (Phi) is 9.90. The highest BCUT2D eigenvalue weighted by atomic mass is 16.5. The largest absolute Gasteiger partial charge is 0.493 e. The zero-order valence-corrected chi connectivity index (χ0v) is 23.2. The number of ether oxygens (including phenoxy) is 2. The van der Waals surface area contributed by atoms with Crippen molar-refractivity contribution in [2.75, 3.05) is 38.4 Å². The van der Waals surface area contributed by atoms with Gasteiger partial charge in [-0.2, -0.15) is 0 Å². The van der Waals surface area contributed by atoms with E-state index in [1.165, 1.54) is 29.0 Å². The molecule has 9 nitrogen and oxygen atoms in total. The molecule has 1 aromatic heterocycles. The summed E-state index contributed by atoms with van der Waals surface area (Å²) in [7, 11) is 3.35. The normalized spacial score (nSPS) is 12.3. The molecule has 2 heterocycles. The summed E-state index contributed by atoms with van der Waals surface area (Å²) < 4.78 is 10.9. The Morgan fingerprint density at radius 3 is 2.24 bits per heavy atom. The number of benzene rings is 3. The van der Waals surface area contributed by atoms with E-state index in [1.807, 2.05) is 18.2 Å². The molecule has 0 aliphatic carbocycles. The number of nitrogens with two attached hydrogens (primary N) is 1. The number of aromatic carboxylic acids is 1. The number of hydrogen-bond acceptors (Lipinski definition) is 7. The monoisotopic (exact) mass is 554 g/mol. The minimum atomic E-state index is -0.990. The van der Waals surface area contributed by atoms with Crippen LogP contribution in [0.1, 0.15) is 37.5 Å². The number of para-hydroxylation sites is 1. The molecule has 5 rings (SSSR count). The first-order chi connectivity index (χ1) is 19.9. The predicted octanol–water partition coefficient (Wildman–Crippen LogP) is 4.92. The Balaban J connectivity index is 0.000000367. The molecule has 3 aromatic carbocycles. The number of nitrogens with zero attached hydrogens (tertiary/aromatic N) is 2. The van der Waals surface area contributed by atoms with Crippen LogP contribution in [0.3, 0.4) is 0 Å². The lowest BCUT2D eigenvalue weighted by Crippen LogP contribution is -2.32. The highest BCUT2D eigenvalue weighted by molar-refractivity contribution is 6.07. The van der Waals surface area contributed by atoms with Crippen LogP contribution in [-0.4, -0.2) is 54.2 Å². The number of carbonyl (C=O) groups excluding carboxylic acids is 1. The van der Waals surface area contributed by atoms with Crippen LogP contribution in [0.25, 0.3) is 0 Å². The zero-order chi connectivity index (χ0) is 29.2. The van der Waals surface area contributed by atoms with Crippen LogP contribution in [0, 0.1) is 0 Å². The highest BCUT2D eigenvalue weighted by Crippen LogP contribution is 2.33. The van der Waals surface area contributed by atoms with Crippen LogP contribution in [0.4, 0.5) is 11.4 Å². The molecule has 0 fully saturated rings. The van der Waals surface area contributed by atoms with Gasteiger partial charge in [-0.15, -0.1) is 0 Å². The number of amides is 1. The number of carboxylic acids is 1. The van der Waals surface area contributed by atoms with Gasteiger partial charge in [0, 0.05) is 37.2 Å². The summed E-state index contributed by atoms with van der Waals surface area (Å²) in [5.41, 5.74) is 11.6. The molecule has 41 heavy (non-hydrogen) atoms. The van der Waals surface area contributed by atoms with E-state index in [0.717, 1.165) is 49.7 Å².